The van der Waals surface area contributed by atoms with Crippen LogP contribution >= 0.6 is 11.8 Å². The Labute approximate surface area is 110 Å². The van der Waals surface area contributed by atoms with Crippen LogP contribution < -0.4 is 10.6 Å². The average molecular weight is 269 g/mol. The maximum atomic E-state index is 14.1. The van der Waals surface area contributed by atoms with Gasteiger partial charge in [0, 0.05) is 29.7 Å². The standard InChI is InChI=1S/C12H16FN3OS/c1-8-7-18-5-4-16(8)11-3-2-9(6-10(11)13)12(14)15-17/h2-3,6,8,17H,4-5,7H2,1H3,(H2,14,15). The molecule has 0 aliphatic carbocycles. The van der Waals surface area contributed by atoms with Crippen LogP contribution in [-0.4, -0.2) is 35.1 Å². The lowest BCUT2D eigenvalue weighted by Gasteiger charge is -2.35. The van der Waals surface area contributed by atoms with Gasteiger partial charge in [0.1, 0.15) is 5.82 Å². The number of hydrogen-bond donors (Lipinski definition) is 2. The number of thioether (sulfide) groups is 1. The van der Waals surface area contributed by atoms with Gasteiger partial charge in [-0.2, -0.15) is 11.8 Å². The number of hydrogen-bond acceptors (Lipinski definition) is 4. The van der Waals surface area contributed by atoms with E-state index in [2.05, 4.69) is 17.0 Å². The maximum absolute atomic E-state index is 14.1. The number of halogens is 1. The fourth-order valence-corrected chi connectivity index (χ4v) is 3.06. The fraction of sp³-hybridized carbons (Fsp3) is 0.417. The molecule has 1 saturated heterocycles. The maximum Gasteiger partial charge on any atom is 0.170 e. The van der Waals surface area contributed by atoms with Crippen molar-refractivity contribution in [2.24, 2.45) is 10.9 Å². The second-order valence-electron chi connectivity index (χ2n) is 4.27. The zero-order valence-corrected chi connectivity index (χ0v) is 11.0. The Kier molecular flexibility index (Phi) is 3.96. The van der Waals surface area contributed by atoms with E-state index in [9.17, 15) is 4.39 Å². The Balaban J connectivity index is 2.29. The van der Waals surface area contributed by atoms with Crippen molar-refractivity contribution in [3.63, 3.8) is 0 Å². The first-order valence-corrected chi connectivity index (χ1v) is 6.90. The summed E-state index contributed by atoms with van der Waals surface area (Å²) in [5.41, 5.74) is 6.40. The molecule has 1 unspecified atom stereocenters. The molecule has 1 fully saturated rings. The van der Waals surface area contributed by atoms with E-state index in [4.69, 9.17) is 10.9 Å². The van der Waals surface area contributed by atoms with Crippen molar-refractivity contribution >= 4 is 23.3 Å². The number of rotatable bonds is 2. The molecule has 1 atom stereocenters. The van der Waals surface area contributed by atoms with Crippen molar-refractivity contribution in [3.8, 4) is 0 Å². The van der Waals surface area contributed by atoms with E-state index >= 15 is 0 Å². The van der Waals surface area contributed by atoms with Crippen LogP contribution in [0.15, 0.2) is 23.4 Å². The van der Waals surface area contributed by atoms with Crippen LogP contribution in [0.1, 0.15) is 12.5 Å². The molecule has 4 nitrogen and oxygen atoms in total. The molecule has 6 heteroatoms. The average Bonchev–Trinajstić information content (AvgIpc) is 2.39. The highest BCUT2D eigenvalue weighted by molar-refractivity contribution is 7.99. The third-order valence-corrected chi connectivity index (χ3v) is 4.22. The van der Waals surface area contributed by atoms with E-state index in [-0.39, 0.29) is 11.7 Å². The molecule has 1 heterocycles. The van der Waals surface area contributed by atoms with E-state index < -0.39 is 0 Å². The first kappa shape index (κ1) is 13.0. The monoisotopic (exact) mass is 269 g/mol. The molecule has 1 aliphatic heterocycles. The number of benzene rings is 1. The second kappa shape index (κ2) is 5.48. The summed E-state index contributed by atoms with van der Waals surface area (Å²) in [4.78, 5) is 2.06. The van der Waals surface area contributed by atoms with Crippen molar-refractivity contribution in [2.75, 3.05) is 23.0 Å². The first-order valence-electron chi connectivity index (χ1n) is 5.75. The second-order valence-corrected chi connectivity index (χ2v) is 5.42. The molecule has 0 aromatic heterocycles. The number of anilines is 1. The van der Waals surface area contributed by atoms with E-state index in [1.54, 1.807) is 12.1 Å². The quantitative estimate of drug-likeness (QED) is 0.372. The van der Waals surface area contributed by atoms with Crippen LogP contribution in [0.4, 0.5) is 10.1 Å². The van der Waals surface area contributed by atoms with Crippen LogP contribution in [0.2, 0.25) is 0 Å². The highest BCUT2D eigenvalue weighted by atomic mass is 32.2. The van der Waals surface area contributed by atoms with Crippen LogP contribution in [0.5, 0.6) is 0 Å². The SMILES string of the molecule is CC1CSCCN1c1ccc(C(N)=NO)cc1F. The largest absolute Gasteiger partial charge is 0.409 e. The summed E-state index contributed by atoms with van der Waals surface area (Å²) in [6.45, 7) is 2.93. The van der Waals surface area contributed by atoms with Gasteiger partial charge in [0.2, 0.25) is 0 Å². The third kappa shape index (κ3) is 2.53. The molecule has 1 aromatic carbocycles. The lowest BCUT2D eigenvalue weighted by atomic mass is 10.1. The molecule has 1 aromatic rings. The van der Waals surface area contributed by atoms with Crippen LogP contribution in [-0.2, 0) is 0 Å². The van der Waals surface area contributed by atoms with Gasteiger partial charge in [0.25, 0.3) is 0 Å². The van der Waals surface area contributed by atoms with Crippen molar-refractivity contribution < 1.29 is 9.60 Å². The molecule has 98 valence electrons. The summed E-state index contributed by atoms with van der Waals surface area (Å²) < 4.78 is 14.1. The van der Waals surface area contributed by atoms with E-state index in [0.717, 1.165) is 18.1 Å². The molecule has 3 N–H and O–H groups in total. The van der Waals surface area contributed by atoms with Crippen molar-refractivity contribution in [2.45, 2.75) is 13.0 Å². The lowest BCUT2D eigenvalue weighted by molar-refractivity contribution is 0.318. The van der Waals surface area contributed by atoms with E-state index in [0.29, 0.717) is 17.3 Å². The van der Waals surface area contributed by atoms with Gasteiger partial charge in [-0.3, -0.25) is 0 Å². The zero-order chi connectivity index (χ0) is 13.1. The Morgan fingerprint density at radius 2 is 2.39 bits per heavy atom. The van der Waals surface area contributed by atoms with Crippen molar-refractivity contribution in [1.82, 2.24) is 0 Å². The van der Waals surface area contributed by atoms with Gasteiger partial charge in [-0.05, 0) is 25.1 Å². The van der Waals surface area contributed by atoms with Gasteiger partial charge in [-0.15, -0.1) is 0 Å². The predicted octanol–water partition coefficient (Wildman–Crippen LogP) is 1.86. The molecule has 0 amide bonds. The van der Waals surface area contributed by atoms with Gasteiger partial charge in [-0.1, -0.05) is 5.16 Å². The lowest BCUT2D eigenvalue weighted by Crippen LogP contribution is -2.40. The van der Waals surface area contributed by atoms with Crippen LogP contribution in [0, 0.1) is 5.82 Å². The summed E-state index contributed by atoms with van der Waals surface area (Å²) in [7, 11) is 0. The highest BCUT2D eigenvalue weighted by Crippen LogP contribution is 2.27. The van der Waals surface area contributed by atoms with Gasteiger partial charge in [0.05, 0.1) is 5.69 Å². The number of nitrogens with two attached hydrogens (primary N) is 1. The minimum Gasteiger partial charge on any atom is -0.409 e. The minimum atomic E-state index is -0.335. The molecule has 0 saturated carbocycles. The molecule has 0 bridgehead atoms. The van der Waals surface area contributed by atoms with E-state index in [1.165, 1.54) is 6.07 Å². The topological polar surface area (TPSA) is 61.8 Å². The molecular weight excluding hydrogens is 253 g/mol. The molecule has 1 aliphatic rings. The normalized spacial score (nSPS) is 21.1. The summed E-state index contributed by atoms with van der Waals surface area (Å²) in [5, 5.41) is 11.4. The summed E-state index contributed by atoms with van der Waals surface area (Å²) in [6, 6.07) is 4.98. The Hall–Kier alpha value is -1.43. The third-order valence-electron chi connectivity index (χ3n) is 3.03. The fourth-order valence-electron chi connectivity index (χ4n) is 2.04. The Bertz CT molecular complexity index is 467. The molecular formula is C12H16FN3OS. The summed E-state index contributed by atoms with van der Waals surface area (Å²) in [5.74, 6) is 1.59. The summed E-state index contributed by atoms with van der Waals surface area (Å²) >= 11 is 1.88. The van der Waals surface area contributed by atoms with Gasteiger partial charge >= 0.3 is 0 Å². The molecule has 18 heavy (non-hydrogen) atoms. The molecule has 2 rings (SSSR count). The number of amidine groups is 1. The number of nitrogens with zero attached hydrogens (tertiary/aromatic N) is 2. The minimum absolute atomic E-state index is 0.0808. The Morgan fingerprint density at radius 3 is 3.00 bits per heavy atom. The van der Waals surface area contributed by atoms with Crippen molar-refractivity contribution in [3.05, 3.63) is 29.6 Å². The summed E-state index contributed by atoms with van der Waals surface area (Å²) in [6.07, 6.45) is 0. The van der Waals surface area contributed by atoms with Crippen LogP contribution in [0.25, 0.3) is 0 Å². The Morgan fingerprint density at radius 1 is 1.61 bits per heavy atom. The number of oxime groups is 1. The highest BCUT2D eigenvalue weighted by Gasteiger charge is 2.21. The predicted molar refractivity (Wildman–Crippen MR) is 73.0 cm³/mol. The van der Waals surface area contributed by atoms with Gasteiger partial charge in [-0.25, -0.2) is 4.39 Å². The zero-order valence-electron chi connectivity index (χ0n) is 10.1. The van der Waals surface area contributed by atoms with E-state index in [1.807, 2.05) is 11.8 Å². The molecule has 0 radical (unpaired) electrons. The van der Waals surface area contributed by atoms with Crippen LogP contribution in [0.3, 0.4) is 0 Å². The van der Waals surface area contributed by atoms with Gasteiger partial charge < -0.3 is 15.8 Å². The van der Waals surface area contributed by atoms with Gasteiger partial charge in [0.15, 0.2) is 5.84 Å². The first-order chi connectivity index (χ1) is 8.63. The van der Waals surface area contributed by atoms with Crippen molar-refractivity contribution in [1.29, 1.82) is 0 Å². The molecule has 0 spiro atoms. The smallest absolute Gasteiger partial charge is 0.170 e.